The number of fused-ring (bicyclic) bond motifs is 1. The van der Waals surface area contributed by atoms with E-state index in [1.54, 1.807) is 44.4 Å². The third kappa shape index (κ3) is 4.83. The summed E-state index contributed by atoms with van der Waals surface area (Å²) in [6.07, 6.45) is 4.65. The van der Waals surface area contributed by atoms with Crippen LogP contribution in [0.2, 0.25) is 0 Å². The average Bonchev–Trinajstić information content (AvgIpc) is 3.55. The molecule has 0 saturated carbocycles. The fourth-order valence-electron chi connectivity index (χ4n) is 4.35. The Bertz CT molecular complexity index is 1670. The van der Waals surface area contributed by atoms with Crippen molar-refractivity contribution < 1.29 is 19.1 Å². The maximum absolute atomic E-state index is 12.1. The second-order valence-corrected chi connectivity index (χ2v) is 9.51. The molecule has 5 aromatic rings. The summed E-state index contributed by atoms with van der Waals surface area (Å²) < 4.78 is 11.3. The zero-order valence-electron chi connectivity index (χ0n) is 21.6. The van der Waals surface area contributed by atoms with Gasteiger partial charge in [-0.1, -0.05) is 36.4 Å². The molecule has 1 aromatic carbocycles. The zero-order valence-corrected chi connectivity index (χ0v) is 21.6. The standard InChI is InChI=1S/C28H24N8O4/c1-28(2)23-18(26(38)40-28)14-31-27(34-23)33-22-12-20(32-21(15-37)16-8-4-3-5-9-16)17(13-30-22)24-35-36-25(39-24)19-10-6-7-11-29-19/h3-14,21,37H,15H2,1-2H3,(H2,30,31,32,33,34)/t21-/m1/s1. The number of hydrogen-bond acceptors (Lipinski definition) is 12. The minimum atomic E-state index is -0.872. The Balaban J connectivity index is 1.36. The summed E-state index contributed by atoms with van der Waals surface area (Å²) in [5.41, 5.74) is 2.45. The lowest BCUT2D eigenvalue weighted by Crippen LogP contribution is -2.18. The van der Waals surface area contributed by atoms with E-state index in [0.29, 0.717) is 34.0 Å². The molecule has 12 heteroatoms. The van der Waals surface area contributed by atoms with Gasteiger partial charge in [-0.05, 0) is 31.5 Å². The van der Waals surface area contributed by atoms with Crippen LogP contribution in [-0.2, 0) is 10.3 Å². The van der Waals surface area contributed by atoms with Crippen LogP contribution in [-0.4, -0.2) is 47.8 Å². The molecule has 0 unspecified atom stereocenters. The van der Waals surface area contributed by atoms with Gasteiger partial charge in [0.2, 0.25) is 5.95 Å². The third-order valence-corrected chi connectivity index (χ3v) is 6.32. The lowest BCUT2D eigenvalue weighted by Gasteiger charge is -2.20. The Hall–Kier alpha value is -5.23. The number of esters is 1. The van der Waals surface area contributed by atoms with Gasteiger partial charge in [0.15, 0.2) is 0 Å². The Morgan fingerprint density at radius 2 is 1.73 bits per heavy atom. The van der Waals surface area contributed by atoms with Crippen LogP contribution in [0.4, 0.5) is 17.5 Å². The number of nitrogens with one attached hydrogen (secondary N) is 2. The van der Waals surface area contributed by atoms with E-state index < -0.39 is 17.6 Å². The number of rotatable bonds is 8. The van der Waals surface area contributed by atoms with E-state index in [-0.39, 0.29) is 24.3 Å². The van der Waals surface area contributed by atoms with Gasteiger partial charge >= 0.3 is 5.97 Å². The predicted octanol–water partition coefficient (Wildman–Crippen LogP) is 4.28. The van der Waals surface area contributed by atoms with Crippen molar-refractivity contribution >= 4 is 23.4 Å². The van der Waals surface area contributed by atoms with E-state index in [1.165, 1.54) is 6.20 Å². The lowest BCUT2D eigenvalue weighted by atomic mass is 10.0. The highest BCUT2D eigenvalue weighted by Crippen LogP contribution is 2.36. The molecule has 0 bridgehead atoms. The maximum Gasteiger partial charge on any atom is 0.342 e. The molecular formula is C28H24N8O4. The fourth-order valence-corrected chi connectivity index (χ4v) is 4.35. The Labute approximate surface area is 228 Å². The van der Waals surface area contributed by atoms with Crippen LogP contribution in [0.1, 0.15) is 41.5 Å². The molecule has 1 aliphatic heterocycles. The number of pyridine rings is 2. The molecule has 4 aromatic heterocycles. The number of aliphatic hydroxyl groups excluding tert-OH is 1. The number of aromatic nitrogens is 6. The van der Waals surface area contributed by atoms with Crippen LogP contribution < -0.4 is 10.6 Å². The van der Waals surface area contributed by atoms with Gasteiger partial charge in [0.1, 0.15) is 28.4 Å². The third-order valence-electron chi connectivity index (χ3n) is 6.32. The summed E-state index contributed by atoms with van der Waals surface area (Å²) in [5.74, 6) is 0.674. The summed E-state index contributed by atoms with van der Waals surface area (Å²) in [4.78, 5) is 29.7. The minimum absolute atomic E-state index is 0.172. The van der Waals surface area contributed by atoms with Crippen molar-refractivity contribution in [2.45, 2.75) is 25.5 Å². The van der Waals surface area contributed by atoms with Crippen LogP contribution in [0.25, 0.3) is 23.0 Å². The van der Waals surface area contributed by atoms with Crippen LogP contribution in [0.15, 0.2) is 77.6 Å². The molecule has 3 N–H and O–H groups in total. The van der Waals surface area contributed by atoms with Crippen molar-refractivity contribution in [2.24, 2.45) is 0 Å². The van der Waals surface area contributed by atoms with Gasteiger partial charge in [0, 0.05) is 24.7 Å². The fraction of sp³-hybridized carbons (Fsp3) is 0.179. The highest BCUT2D eigenvalue weighted by atomic mass is 16.6. The lowest BCUT2D eigenvalue weighted by molar-refractivity contribution is 0.00834. The summed E-state index contributed by atoms with van der Waals surface area (Å²) in [5, 5.41) is 25.0. The van der Waals surface area contributed by atoms with E-state index in [2.05, 4.69) is 40.8 Å². The quantitative estimate of drug-likeness (QED) is 0.242. The smallest absolute Gasteiger partial charge is 0.342 e. The number of ether oxygens (including phenoxy) is 1. The zero-order chi connectivity index (χ0) is 27.7. The highest BCUT2D eigenvalue weighted by Gasteiger charge is 2.40. The van der Waals surface area contributed by atoms with Gasteiger partial charge in [-0.2, -0.15) is 0 Å². The van der Waals surface area contributed by atoms with Crippen LogP contribution >= 0.6 is 0 Å². The van der Waals surface area contributed by atoms with Crippen molar-refractivity contribution in [1.29, 1.82) is 0 Å². The molecule has 0 aliphatic carbocycles. The average molecular weight is 537 g/mol. The highest BCUT2D eigenvalue weighted by molar-refractivity contribution is 5.93. The molecule has 1 aliphatic rings. The number of aliphatic hydroxyl groups is 1. The van der Waals surface area contributed by atoms with Gasteiger partial charge < -0.3 is 24.9 Å². The molecule has 0 fully saturated rings. The van der Waals surface area contributed by atoms with Crippen molar-refractivity contribution in [3.63, 3.8) is 0 Å². The van der Waals surface area contributed by atoms with Crippen LogP contribution in [0.5, 0.6) is 0 Å². The summed E-state index contributed by atoms with van der Waals surface area (Å²) >= 11 is 0. The number of carbonyl (C=O) groups excluding carboxylic acids is 1. The molecule has 5 heterocycles. The molecule has 1 atom stereocenters. The summed E-state index contributed by atoms with van der Waals surface area (Å²) in [6.45, 7) is 3.37. The first-order chi connectivity index (χ1) is 19.4. The van der Waals surface area contributed by atoms with E-state index in [1.807, 2.05) is 36.4 Å². The first kappa shape index (κ1) is 25.1. The maximum atomic E-state index is 12.1. The molecule has 0 radical (unpaired) electrons. The molecule has 6 rings (SSSR count). The van der Waals surface area contributed by atoms with Gasteiger partial charge in [-0.3, -0.25) is 4.98 Å². The number of anilines is 3. The summed E-state index contributed by atoms with van der Waals surface area (Å²) in [6, 6.07) is 16.2. The van der Waals surface area contributed by atoms with E-state index in [0.717, 1.165) is 5.56 Å². The number of nitrogens with zero attached hydrogens (tertiary/aromatic N) is 6. The Kier molecular flexibility index (Phi) is 6.36. The Morgan fingerprint density at radius 3 is 2.50 bits per heavy atom. The van der Waals surface area contributed by atoms with Crippen LogP contribution in [0.3, 0.4) is 0 Å². The van der Waals surface area contributed by atoms with Gasteiger partial charge in [-0.25, -0.2) is 19.7 Å². The SMILES string of the molecule is CC1(C)OC(=O)c2cnc(Nc3cc(N[C@H](CO)c4ccccc4)c(-c4nnc(-c5ccccn5)o4)cn3)nc21. The van der Waals surface area contributed by atoms with Crippen molar-refractivity contribution in [2.75, 3.05) is 17.2 Å². The molecule has 12 nitrogen and oxygen atoms in total. The topological polar surface area (TPSA) is 161 Å². The first-order valence-electron chi connectivity index (χ1n) is 12.5. The monoisotopic (exact) mass is 536 g/mol. The van der Waals surface area contributed by atoms with Crippen molar-refractivity contribution in [3.8, 4) is 23.0 Å². The van der Waals surface area contributed by atoms with Crippen molar-refractivity contribution in [1.82, 2.24) is 30.1 Å². The van der Waals surface area contributed by atoms with E-state index in [4.69, 9.17) is 9.15 Å². The number of benzene rings is 1. The molecule has 40 heavy (non-hydrogen) atoms. The first-order valence-corrected chi connectivity index (χ1v) is 12.5. The van der Waals surface area contributed by atoms with E-state index in [9.17, 15) is 9.90 Å². The molecule has 0 amide bonds. The number of carbonyl (C=O) groups is 1. The van der Waals surface area contributed by atoms with Gasteiger partial charge in [-0.15, -0.1) is 10.2 Å². The van der Waals surface area contributed by atoms with Gasteiger partial charge in [0.25, 0.3) is 11.8 Å². The summed E-state index contributed by atoms with van der Waals surface area (Å²) in [7, 11) is 0. The Morgan fingerprint density at radius 1 is 0.950 bits per heavy atom. The van der Waals surface area contributed by atoms with E-state index >= 15 is 0 Å². The normalized spacial score (nSPS) is 14.3. The molecular weight excluding hydrogens is 512 g/mol. The molecule has 0 saturated heterocycles. The predicted molar refractivity (Wildman–Crippen MR) is 144 cm³/mol. The van der Waals surface area contributed by atoms with Gasteiger partial charge in [0.05, 0.1) is 23.9 Å². The molecule has 200 valence electrons. The second kappa shape index (κ2) is 10.2. The minimum Gasteiger partial charge on any atom is -0.449 e. The van der Waals surface area contributed by atoms with Crippen LogP contribution in [0, 0.1) is 0 Å². The number of hydrogen-bond donors (Lipinski definition) is 3. The number of cyclic esters (lactones) is 1. The molecule has 0 spiro atoms. The van der Waals surface area contributed by atoms with Crippen molar-refractivity contribution in [3.05, 3.63) is 90.0 Å². The largest absolute Gasteiger partial charge is 0.449 e. The second-order valence-electron chi connectivity index (χ2n) is 9.51.